The van der Waals surface area contributed by atoms with Gasteiger partial charge in [0.15, 0.2) is 0 Å². The van der Waals surface area contributed by atoms with E-state index in [1.54, 1.807) is 32.8 Å². The van der Waals surface area contributed by atoms with Crippen molar-refractivity contribution in [3.63, 3.8) is 0 Å². The summed E-state index contributed by atoms with van der Waals surface area (Å²) in [5, 5.41) is 16.4. The van der Waals surface area contributed by atoms with E-state index in [4.69, 9.17) is 0 Å². The Morgan fingerprint density at radius 3 is 1.69 bits per heavy atom. The molecule has 0 radical (unpaired) electrons. The molecule has 0 saturated heterocycles. The average molecular weight is 665 g/mol. The Morgan fingerprint density at radius 1 is 0.549 bits per heavy atom. The Morgan fingerprint density at radius 2 is 1.08 bits per heavy atom. The van der Waals surface area contributed by atoms with Gasteiger partial charge in [0.25, 0.3) is 0 Å². The van der Waals surface area contributed by atoms with Crippen molar-refractivity contribution in [3.05, 3.63) is 111 Å². The van der Waals surface area contributed by atoms with Crippen molar-refractivity contribution in [2.75, 3.05) is 0 Å². The molecule has 0 nitrogen and oxygen atoms in total. The van der Waals surface area contributed by atoms with Gasteiger partial charge in [-0.2, -0.15) is 0 Å². The maximum Gasteiger partial charge on any atom is -0.00213 e. The third-order valence-corrected chi connectivity index (χ3v) is 15.6. The maximum absolute atomic E-state index is 2.70. The molecule has 7 atom stereocenters. The van der Waals surface area contributed by atoms with E-state index in [0.29, 0.717) is 23.2 Å². The second kappa shape index (κ2) is 10.6. The molecule has 7 aromatic rings. The molecule has 0 bridgehead atoms. The van der Waals surface area contributed by atoms with Crippen LogP contribution >= 0.6 is 0 Å². The van der Waals surface area contributed by atoms with Crippen LogP contribution in [-0.4, -0.2) is 0 Å². The summed E-state index contributed by atoms with van der Waals surface area (Å²) < 4.78 is 0. The highest BCUT2D eigenvalue weighted by atomic mass is 14.6. The third-order valence-electron chi connectivity index (χ3n) is 15.6. The molecule has 11 rings (SSSR count). The molecule has 4 aliphatic rings. The minimum atomic E-state index is 0.368. The lowest BCUT2D eigenvalue weighted by Crippen LogP contribution is -2.32. The molecule has 0 aromatic heterocycles. The predicted molar refractivity (Wildman–Crippen MR) is 219 cm³/mol. The Labute approximate surface area is 303 Å². The van der Waals surface area contributed by atoms with Gasteiger partial charge in [-0.25, -0.2) is 0 Å². The van der Waals surface area contributed by atoms with Crippen LogP contribution in [0.2, 0.25) is 0 Å². The van der Waals surface area contributed by atoms with Crippen molar-refractivity contribution in [2.24, 2.45) is 35.0 Å². The Bertz CT molecular complexity index is 2610. The van der Waals surface area contributed by atoms with E-state index in [2.05, 4.69) is 120 Å². The maximum atomic E-state index is 2.70. The van der Waals surface area contributed by atoms with E-state index in [1.807, 2.05) is 0 Å². The van der Waals surface area contributed by atoms with E-state index in [9.17, 15) is 0 Å². The van der Waals surface area contributed by atoms with Crippen molar-refractivity contribution in [2.45, 2.75) is 98.3 Å². The zero-order valence-electron chi connectivity index (χ0n) is 31.5. The number of benzene rings is 7. The summed E-state index contributed by atoms with van der Waals surface area (Å²) in [6.45, 7) is 14.8. The van der Waals surface area contributed by atoms with Gasteiger partial charge in [0.1, 0.15) is 0 Å². The third kappa shape index (κ3) is 4.20. The number of hydrogen-bond acceptors (Lipinski definition) is 0. The fourth-order valence-corrected chi connectivity index (χ4v) is 13.5. The molecule has 0 spiro atoms. The van der Waals surface area contributed by atoms with Gasteiger partial charge >= 0.3 is 0 Å². The van der Waals surface area contributed by atoms with E-state index in [-0.39, 0.29) is 0 Å². The Balaban J connectivity index is 0.953. The molecule has 4 aliphatic carbocycles. The first-order chi connectivity index (χ1) is 24.7. The molecular formula is C51H52. The molecular weight excluding hydrogens is 613 g/mol. The minimum Gasteiger partial charge on any atom is -0.0735 e. The fourth-order valence-electron chi connectivity index (χ4n) is 13.5. The summed E-state index contributed by atoms with van der Waals surface area (Å²) in [6.07, 6.45) is 12.0. The average Bonchev–Trinajstić information content (AvgIpc) is 3.34. The largest absolute Gasteiger partial charge is 0.0735 e. The molecule has 0 N–H and O–H groups in total. The van der Waals surface area contributed by atoms with E-state index in [1.165, 1.54) is 105 Å². The van der Waals surface area contributed by atoms with Gasteiger partial charge in [0.2, 0.25) is 0 Å². The zero-order valence-corrected chi connectivity index (χ0v) is 31.5. The van der Waals surface area contributed by atoms with Crippen LogP contribution in [0, 0.1) is 55.8 Å². The fraction of sp³-hybridized carbons (Fsp3) is 0.412. The quantitative estimate of drug-likeness (QED) is 0.161. The summed E-state index contributed by atoms with van der Waals surface area (Å²) in [5.74, 6) is 5.34. The smallest absolute Gasteiger partial charge is 0.00213 e. The molecule has 2 unspecified atom stereocenters. The first-order valence-corrected chi connectivity index (χ1v) is 20.3. The lowest BCUT2D eigenvalue weighted by molar-refractivity contribution is 0.112. The lowest BCUT2D eigenvalue weighted by atomic mass is 9.63. The number of aryl methyl sites for hydroxylation is 3. The molecule has 0 heteroatoms. The highest BCUT2D eigenvalue weighted by Crippen LogP contribution is 2.66. The van der Waals surface area contributed by atoms with Crippen molar-refractivity contribution >= 4 is 59.9 Å². The molecule has 3 fully saturated rings. The Hall–Kier alpha value is -3.90. The topological polar surface area (TPSA) is 0 Å². The summed E-state index contributed by atoms with van der Waals surface area (Å²) >= 11 is 0. The van der Waals surface area contributed by atoms with Crippen LogP contribution in [0.25, 0.3) is 59.9 Å². The van der Waals surface area contributed by atoms with Gasteiger partial charge in [0.05, 0.1) is 0 Å². The second-order valence-electron chi connectivity index (χ2n) is 18.7. The minimum absolute atomic E-state index is 0.368. The van der Waals surface area contributed by atoms with Gasteiger partial charge in [-0.1, -0.05) is 99.6 Å². The molecule has 0 aliphatic heterocycles. The van der Waals surface area contributed by atoms with Crippen LogP contribution < -0.4 is 5.22 Å². The standard InChI is InChI=1S/C51H52/c1-27-19-33-9-13-37-29(3)23-43(41-17-11-35(21-27)47(33)49(37)41)31-7-15-39-40-16-8-32(26-46(40)51(5,6)45(39)25-31)44-24-30(4)38-14-10-34-20-28(2)22-36-12-18-42(44)50(38)48(34)36/h9-14,17-19,21-24,28,31-32,39-40,45-46H,7-8,15-16,20,25-26H2,1-6H3/t28?,31-,32?,39-,40+,45-,46+/m0/s1. The monoisotopic (exact) mass is 664 g/mol. The summed E-state index contributed by atoms with van der Waals surface area (Å²) in [5.41, 5.74) is 9.51. The zero-order chi connectivity index (χ0) is 34.5. The number of rotatable bonds is 2. The summed E-state index contributed by atoms with van der Waals surface area (Å²) in [6, 6.07) is 29.5. The molecule has 3 saturated carbocycles. The molecule has 0 heterocycles. The van der Waals surface area contributed by atoms with Gasteiger partial charge in [-0.15, -0.1) is 0 Å². The first-order valence-electron chi connectivity index (χ1n) is 20.3. The highest BCUT2D eigenvalue weighted by Gasteiger charge is 2.57. The van der Waals surface area contributed by atoms with Crippen LogP contribution in [0.3, 0.4) is 0 Å². The normalized spacial score (nSPS) is 28.5. The van der Waals surface area contributed by atoms with Gasteiger partial charge in [0, 0.05) is 0 Å². The number of hydrogen-bond donors (Lipinski definition) is 0. The molecule has 256 valence electrons. The van der Waals surface area contributed by atoms with Gasteiger partial charge in [-0.3, -0.25) is 0 Å². The van der Waals surface area contributed by atoms with Crippen LogP contribution in [0.15, 0.2) is 72.8 Å². The van der Waals surface area contributed by atoms with Crippen molar-refractivity contribution in [1.29, 1.82) is 0 Å². The second-order valence-corrected chi connectivity index (χ2v) is 18.7. The van der Waals surface area contributed by atoms with Crippen LogP contribution in [0.1, 0.15) is 105 Å². The summed E-state index contributed by atoms with van der Waals surface area (Å²) in [4.78, 5) is 0. The first kappa shape index (κ1) is 30.7. The SMILES string of the molecule is Cc1cc2ccc3c(C)cc([C@H]4CC[C@H]5[C@H]6CCC(c7cc(C)c8ccc9c%10c(ccc7c8%10)=CC(C)C9)C[C@H]6C(C)(C)[C@H]5C4)c4ccc(c1)c2c34. The number of fused-ring (bicyclic) bond motifs is 3. The van der Waals surface area contributed by atoms with Crippen LogP contribution in [-0.2, 0) is 6.42 Å². The van der Waals surface area contributed by atoms with Crippen molar-refractivity contribution in [3.8, 4) is 0 Å². The lowest BCUT2D eigenvalue weighted by Gasteiger charge is -2.41. The van der Waals surface area contributed by atoms with Gasteiger partial charge in [-0.05, 0) is 205 Å². The van der Waals surface area contributed by atoms with E-state index in [0.717, 1.165) is 23.7 Å². The highest BCUT2D eigenvalue weighted by molar-refractivity contribution is 6.24. The van der Waals surface area contributed by atoms with Crippen LogP contribution in [0.5, 0.6) is 0 Å². The molecule has 0 amide bonds. The Kier molecular flexibility index (Phi) is 6.37. The van der Waals surface area contributed by atoms with Crippen LogP contribution in [0.4, 0.5) is 0 Å². The summed E-state index contributed by atoms with van der Waals surface area (Å²) in [7, 11) is 0. The molecule has 51 heavy (non-hydrogen) atoms. The predicted octanol–water partition coefficient (Wildman–Crippen LogP) is 13.2. The van der Waals surface area contributed by atoms with Gasteiger partial charge < -0.3 is 0 Å². The van der Waals surface area contributed by atoms with E-state index >= 15 is 0 Å². The molecule has 7 aromatic carbocycles. The van der Waals surface area contributed by atoms with Crippen molar-refractivity contribution < 1.29 is 0 Å². The van der Waals surface area contributed by atoms with E-state index < -0.39 is 0 Å². The van der Waals surface area contributed by atoms with Crippen molar-refractivity contribution in [1.82, 2.24) is 0 Å².